The molecule has 0 aliphatic carbocycles. The van der Waals surface area contributed by atoms with Crippen molar-refractivity contribution in [2.24, 2.45) is 0 Å². The number of carbonyl (C=O) groups is 1. The van der Waals surface area contributed by atoms with Crippen LogP contribution in [0, 0.1) is 5.82 Å². The van der Waals surface area contributed by atoms with Crippen LogP contribution < -0.4 is 10.2 Å². The topological polar surface area (TPSA) is 35.6 Å². The second kappa shape index (κ2) is 7.69. The molecule has 5 heteroatoms. The summed E-state index contributed by atoms with van der Waals surface area (Å²) in [5, 5.41) is 3.06. The first-order valence-corrected chi connectivity index (χ1v) is 9.73. The average molecular weight is 367 g/mol. The summed E-state index contributed by atoms with van der Waals surface area (Å²) in [7, 11) is 2.13. The molecule has 0 saturated carbocycles. The smallest absolute Gasteiger partial charge is 0.251 e. The van der Waals surface area contributed by atoms with Crippen molar-refractivity contribution >= 4 is 11.6 Å². The van der Waals surface area contributed by atoms with Gasteiger partial charge in [-0.25, -0.2) is 4.39 Å². The number of nitrogens with one attached hydrogen (secondary N) is 1. The molecule has 1 fully saturated rings. The Morgan fingerprint density at radius 1 is 1.11 bits per heavy atom. The minimum Gasteiger partial charge on any atom is -0.374 e. The monoisotopic (exact) mass is 367 g/mol. The fraction of sp³-hybridized carbons (Fsp3) is 0.409. The molecule has 0 radical (unpaired) electrons. The predicted molar refractivity (Wildman–Crippen MR) is 106 cm³/mol. The van der Waals surface area contributed by atoms with Crippen LogP contribution in [0.25, 0.3) is 0 Å². The maximum atomic E-state index is 13.1. The van der Waals surface area contributed by atoms with E-state index in [-0.39, 0.29) is 17.8 Å². The largest absolute Gasteiger partial charge is 0.374 e. The van der Waals surface area contributed by atoms with Gasteiger partial charge in [-0.1, -0.05) is 12.1 Å². The summed E-state index contributed by atoms with van der Waals surface area (Å²) >= 11 is 0. The Labute approximate surface area is 160 Å². The van der Waals surface area contributed by atoms with E-state index in [0.29, 0.717) is 12.1 Å². The number of rotatable bonds is 5. The summed E-state index contributed by atoms with van der Waals surface area (Å²) < 4.78 is 13.1. The van der Waals surface area contributed by atoms with Gasteiger partial charge in [0, 0.05) is 31.4 Å². The van der Waals surface area contributed by atoms with Crippen molar-refractivity contribution in [3.8, 4) is 0 Å². The molecule has 27 heavy (non-hydrogen) atoms. The van der Waals surface area contributed by atoms with Crippen molar-refractivity contribution in [3.63, 3.8) is 0 Å². The van der Waals surface area contributed by atoms with Gasteiger partial charge in [-0.3, -0.25) is 9.69 Å². The molecule has 1 N–H and O–H groups in total. The molecule has 1 saturated heterocycles. The molecule has 0 unspecified atom stereocenters. The number of hydrogen-bond acceptors (Lipinski definition) is 3. The van der Waals surface area contributed by atoms with Crippen LogP contribution in [0.5, 0.6) is 0 Å². The average Bonchev–Trinajstić information content (AvgIpc) is 3.33. The molecule has 1 amide bonds. The van der Waals surface area contributed by atoms with Crippen LogP contribution in [-0.2, 0) is 6.42 Å². The zero-order chi connectivity index (χ0) is 18.8. The van der Waals surface area contributed by atoms with Gasteiger partial charge in [0.15, 0.2) is 0 Å². The summed E-state index contributed by atoms with van der Waals surface area (Å²) in [5.41, 5.74) is 4.47. The van der Waals surface area contributed by atoms with E-state index in [9.17, 15) is 9.18 Å². The van der Waals surface area contributed by atoms with E-state index >= 15 is 0 Å². The first-order valence-electron chi connectivity index (χ1n) is 9.73. The second-order valence-corrected chi connectivity index (χ2v) is 7.54. The highest BCUT2D eigenvalue weighted by molar-refractivity contribution is 5.94. The number of likely N-dealkylation sites (N-methyl/N-ethyl adjacent to an activating group) is 1. The maximum absolute atomic E-state index is 13.1. The third-order valence-corrected chi connectivity index (χ3v) is 5.76. The van der Waals surface area contributed by atoms with E-state index in [1.807, 2.05) is 0 Å². The molecule has 2 aromatic carbocycles. The van der Waals surface area contributed by atoms with E-state index in [2.05, 4.69) is 40.4 Å². The van der Waals surface area contributed by atoms with E-state index in [1.165, 1.54) is 53.9 Å². The van der Waals surface area contributed by atoms with Crippen LogP contribution in [0.2, 0.25) is 0 Å². The zero-order valence-electron chi connectivity index (χ0n) is 15.7. The summed E-state index contributed by atoms with van der Waals surface area (Å²) in [6, 6.07) is 12.6. The summed E-state index contributed by atoms with van der Waals surface area (Å²) in [6.07, 6.45) is 3.49. The fourth-order valence-electron chi connectivity index (χ4n) is 4.20. The van der Waals surface area contributed by atoms with Crippen LogP contribution >= 0.6 is 0 Å². The molecular weight excluding hydrogens is 341 g/mol. The van der Waals surface area contributed by atoms with Crippen molar-refractivity contribution in [3.05, 3.63) is 65.0 Å². The minimum absolute atomic E-state index is 0.153. The van der Waals surface area contributed by atoms with Crippen LogP contribution in [-0.4, -0.2) is 44.0 Å². The molecule has 4 rings (SSSR count). The van der Waals surface area contributed by atoms with Gasteiger partial charge >= 0.3 is 0 Å². The van der Waals surface area contributed by atoms with Gasteiger partial charge in [-0.15, -0.1) is 0 Å². The lowest BCUT2D eigenvalue weighted by Gasteiger charge is -2.29. The molecule has 1 atom stereocenters. The van der Waals surface area contributed by atoms with Crippen LogP contribution in [0.15, 0.2) is 42.5 Å². The molecule has 2 aliphatic heterocycles. The first kappa shape index (κ1) is 18.0. The van der Waals surface area contributed by atoms with Gasteiger partial charge in [-0.2, -0.15) is 0 Å². The third-order valence-electron chi connectivity index (χ3n) is 5.76. The summed E-state index contributed by atoms with van der Waals surface area (Å²) in [6.45, 7) is 3.75. The molecule has 142 valence electrons. The predicted octanol–water partition coefficient (Wildman–Crippen LogP) is 3.38. The molecule has 4 nitrogen and oxygen atoms in total. The maximum Gasteiger partial charge on any atom is 0.251 e. The highest BCUT2D eigenvalue weighted by Crippen LogP contribution is 2.32. The van der Waals surface area contributed by atoms with Crippen molar-refractivity contribution in [1.29, 1.82) is 0 Å². The summed E-state index contributed by atoms with van der Waals surface area (Å²) in [4.78, 5) is 17.2. The molecule has 0 bridgehead atoms. The first-order chi connectivity index (χ1) is 13.1. The van der Waals surface area contributed by atoms with Crippen LogP contribution in [0.3, 0.4) is 0 Å². The standard InChI is InChI=1S/C22H26FN3O/c1-25-13-10-18-14-17(6-9-20(18)25)21(26-11-2-3-12-26)15-24-22(27)16-4-7-19(23)8-5-16/h4-9,14,21H,2-3,10-13,15H2,1H3,(H,24,27)/t21-/m0/s1. The Hall–Kier alpha value is -2.40. The Balaban J connectivity index is 1.51. The molecule has 2 heterocycles. The number of carbonyl (C=O) groups excluding carboxylic acids is 1. The van der Waals surface area contributed by atoms with E-state index < -0.39 is 0 Å². The second-order valence-electron chi connectivity index (χ2n) is 7.54. The van der Waals surface area contributed by atoms with E-state index in [1.54, 1.807) is 0 Å². The lowest BCUT2D eigenvalue weighted by molar-refractivity contribution is 0.0938. The van der Waals surface area contributed by atoms with Gasteiger partial charge in [-0.05, 0) is 73.8 Å². The zero-order valence-corrected chi connectivity index (χ0v) is 15.7. The highest BCUT2D eigenvalue weighted by atomic mass is 19.1. The van der Waals surface area contributed by atoms with Gasteiger partial charge < -0.3 is 10.2 Å². The van der Waals surface area contributed by atoms with Crippen molar-refractivity contribution in [2.45, 2.75) is 25.3 Å². The Kier molecular flexibility index (Phi) is 5.12. The SMILES string of the molecule is CN1CCc2cc([C@H](CNC(=O)c3ccc(F)cc3)N3CCCC3)ccc21. The Morgan fingerprint density at radius 2 is 1.85 bits per heavy atom. The normalized spacial score (nSPS) is 17.8. The lowest BCUT2D eigenvalue weighted by Crippen LogP contribution is -2.36. The summed E-state index contributed by atoms with van der Waals surface area (Å²) in [5.74, 6) is -0.482. The van der Waals surface area contributed by atoms with Crippen LogP contribution in [0.1, 0.15) is 40.4 Å². The molecule has 2 aromatic rings. The number of halogens is 1. The van der Waals surface area contributed by atoms with Gasteiger partial charge in [0.05, 0.1) is 6.04 Å². The number of amides is 1. The number of fused-ring (bicyclic) bond motifs is 1. The number of likely N-dealkylation sites (tertiary alicyclic amines) is 1. The van der Waals surface area contributed by atoms with Crippen molar-refractivity contribution in [2.75, 3.05) is 38.1 Å². The minimum atomic E-state index is -0.329. The highest BCUT2D eigenvalue weighted by Gasteiger charge is 2.26. The molecule has 0 aromatic heterocycles. The number of nitrogens with zero attached hydrogens (tertiary/aromatic N) is 2. The van der Waals surface area contributed by atoms with Gasteiger partial charge in [0.1, 0.15) is 5.82 Å². The molecule has 2 aliphatic rings. The number of anilines is 1. The molecular formula is C22H26FN3O. The van der Waals surface area contributed by atoms with Crippen molar-refractivity contribution in [1.82, 2.24) is 10.2 Å². The number of benzene rings is 2. The Morgan fingerprint density at radius 3 is 2.59 bits per heavy atom. The number of hydrogen-bond donors (Lipinski definition) is 1. The van der Waals surface area contributed by atoms with Crippen molar-refractivity contribution < 1.29 is 9.18 Å². The lowest BCUT2D eigenvalue weighted by atomic mass is 10.0. The van der Waals surface area contributed by atoms with Crippen LogP contribution in [0.4, 0.5) is 10.1 Å². The van der Waals surface area contributed by atoms with E-state index in [0.717, 1.165) is 26.1 Å². The fourth-order valence-corrected chi connectivity index (χ4v) is 4.20. The third kappa shape index (κ3) is 3.83. The van der Waals surface area contributed by atoms with Gasteiger partial charge in [0.25, 0.3) is 5.91 Å². The quantitative estimate of drug-likeness (QED) is 0.880. The Bertz CT molecular complexity index is 815. The van der Waals surface area contributed by atoms with Gasteiger partial charge in [0.2, 0.25) is 0 Å². The van der Waals surface area contributed by atoms with E-state index in [4.69, 9.17) is 0 Å². The molecule has 0 spiro atoms.